The molecule has 1 aromatic carbocycles. The molecule has 0 spiro atoms. The number of alkyl halides is 3. The maximum Gasteiger partial charge on any atom is 0.435 e. The van der Waals surface area contributed by atoms with E-state index in [0.717, 1.165) is 44.1 Å². The molecule has 0 saturated carbocycles. The van der Waals surface area contributed by atoms with Gasteiger partial charge in [0.05, 0.1) is 5.69 Å². The smallest absolute Gasteiger partial charge is 0.310 e. The fourth-order valence-corrected chi connectivity index (χ4v) is 2.86. The molecule has 24 heavy (non-hydrogen) atoms. The van der Waals surface area contributed by atoms with Gasteiger partial charge in [0.1, 0.15) is 0 Å². The van der Waals surface area contributed by atoms with Gasteiger partial charge in [-0.3, -0.25) is 0 Å². The Kier molecular flexibility index (Phi) is 4.91. The molecule has 1 aromatic heterocycles. The first-order chi connectivity index (χ1) is 11.4. The van der Waals surface area contributed by atoms with Gasteiger partial charge in [-0.2, -0.15) is 18.3 Å². The van der Waals surface area contributed by atoms with Crippen molar-refractivity contribution in [3.05, 3.63) is 47.8 Å². The molecule has 1 aliphatic heterocycles. The number of rotatable bonds is 4. The van der Waals surface area contributed by atoms with E-state index in [-0.39, 0.29) is 0 Å². The van der Waals surface area contributed by atoms with Crippen LogP contribution in [0.15, 0.2) is 36.5 Å². The van der Waals surface area contributed by atoms with Crippen molar-refractivity contribution in [3.8, 4) is 5.69 Å². The zero-order valence-corrected chi connectivity index (χ0v) is 13.6. The van der Waals surface area contributed by atoms with E-state index in [9.17, 15) is 13.2 Å². The number of likely N-dealkylation sites (tertiary alicyclic amines) is 1. The number of halogens is 3. The Hall–Kier alpha value is -1.86. The minimum atomic E-state index is -4.41. The minimum Gasteiger partial charge on any atom is -0.310 e. The van der Waals surface area contributed by atoms with E-state index >= 15 is 0 Å². The van der Waals surface area contributed by atoms with Crippen LogP contribution in [0.2, 0.25) is 0 Å². The third kappa shape index (κ3) is 4.15. The Balaban J connectivity index is 1.58. The largest absolute Gasteiger partial charge is 0.435 e. The van der Waals surface area contributed by atoms with Crippen LogP contribution >= 0.6 is 0 Å². The standard InChI is InChI=1S/C17H21F3N4/c1-23-9-6-14(7-10-23)21-12-13-2-4-15(5-3-13)24-11-8-16(22-24)17(18,19)20/h2-5,8,11,14,21H,6-7,9-10,12H2,1H3. The maximum absolute atomic E-state index is 12.6. The number of piperidine rings is 1. The van der Waals surface area contributed by atoms with Crippen molar-refractivity contribution in [2.75, 3.05) is 20.1 Å². The molecule has 0 amide bonds. The highest BCUT2D eigenvalue weighted by Gasteiger charge is 2.33. The summed E-state index contributed by atoms with van der Waals surface area (Å²) >= 11 is 0. The van der Waals surface area contributed by atoms with Crippen LogP contribution in [-0.2, 0) is 12.7 Å². The summed E-state index contributed by atoms with van der Waals surface area (Å²) in [6.07, 6.45) is -0.804. The van der Waals surface area contributed by atoms with Crippen LogP contribution in [0.1, 0.15) is 24.1 Å². The maximum atomic E-state index is 12.6. The van der Waals surface area contributed by atoms with Gasteiger partial charge in [-0.1, -0.05) is 12.1 Å². The molecule has 0 bridgehead atoms. The lowest BCUT2D eigenvalue weighted by atomic mass is 10.1. The van der Waals surface area contributed by atoms with E-state index in [0.29, 0.717) is 11.7 Å². The molecule has 0 unspecified atom stereocenters. The average Bonchev–Trinajstić information content (AvgIpc) is 3.05. The summed E-state index contributed by atoms with van der Waals surface area (Å²) in [6.45, 7) is 2.98. The van der Waals surface area contributed by atoms with Crippen LogP contribution in [-0.4, -0.2) is 40.9 Å². The van der Waals surface area contributed by atoms with Gasteiger partial charge in [0.2, 0.25) is 0 Å². The molecule has 4 nitrogen and oxygen atoms in total. The van der Waals surface area contributed by atoms with E-state index in [1.807, 2.05) is 12.1 Å². The normalized spacial score (nSPS) is 17.3. The predicted octanol–water partition coefficient (Wildman–Crippen LogP) is 3.07. The zero-order valence-electron chi connectivity index (χ0n) is 13.6. The summed E-state index contributed by atoms with van der Waals surface area (Å²) in [5.41, 5.74) is 0.852. The second-order valence-electron chi connectivity index (χ2n) is 6.27. The van der Waals surface area contributed by atoms with E-state index in [1.54, 1.807) is 12.1 Å². The summed E-state index contributed by atoms with van der Waals surface area (Å²) in [5, 5.41) is 7.12. The molecule has 1 aliphatic rings. The first kappa shape index (κ1) is 17.0. The van der Waals surface area contributed by atoms with Crippen LogP contribution in [0.3, 0.4) is 0 Å². The van der Waals surface area contributed by atoms with Crippen molar-refractivity contribution in [3.63, 3.8) is 0 Å². The summed E-state index contributed by atoms with van der Waals surface area (Å²) in [6, 6.07) is 8.94. The number of hydrogen-bond donors (Lipinski definition) is 1. The summed E-state index contributed by atoms with van der Waals surface area (Å²) in [4.78, 5) is 2.33. The number of benzene rings is 1. The molecule has 0 atom stereocenters. The Morgan fingerprint density at radius 1 is 1.12 bits per heavy atom. The number of hydrogen-bond acceptors (Lipinski definition) is 3. The molecule has 3 rings (SSSR count). The second-order valence-corrected chi connectivity index (χ2v) is 6.27. The van der Waals surface area contributed by atoms with Gasteiger partial charge in [0.25, 0.3) is 0 Å². The van der Waals surface area contributed by atoms with Gasteiger partial charge in [-0.25, -0.2) is 4.68 Å². The third-order valence-electron chi connectivity index (χ3n) is 4.39. The molecule has 0 radical (unpaired) electrons. The van der Waals surface area contributed by atoms with E-state index < -0.39 is 11.9 Å². The predicted molar refractivity (Wildman–Crippen MR) is 85.9 cm³/mol. The summed E-state index contributed by atoms with van der Waals surface area (Å²) in [5.74, 6) is 0. The molecule has 7 heteroatoms. The van der Waals surface area contributed by atoms with Crippen molar-refractivity contribution in [2.45, 2.75) is 31.6 Å². The fourth-order valence-electron chi connectivity index (χ4n) is 2.86. The van der Waals surface area contributed by atoms with Crippen LogP contribution in [0.4, 0.5) is 13.2 Å². The molecule has 0 aliphatic carbocycles. The van der Waals surface area contributed by atoms with Gasteiger partial charge in [0.15, 0.2) is 5.69 Å². The van der Waals surface area contributed by atoms with Crippen LogP contribution in [0.5, 0.6) is 0 Å². The number of nitrogens with one attached hydrogen (secondary N) is 1. The highest BCUT2D eigenvalue weighted by Crippen LogP contribution is 2.27. The SMILES string of the molecule is CN1CCC(NCc2ccc(-n3ccc(C(F)(F)F)n3)cc2)CC1. The van der Waals surface area contributed by atoms with Crippen LogP contribution in [0, 0.1) is 0 Å². The topological polar surface area (TPSA) is 33.1 Å². The Bertz CT molecular complexity index is 655. The number of nitrogens with zero attached hydrogens (tertiary/aromatic N) is 3. The quantitative estimate of drug-likeness (QED) is 0.930. The Labute approximate surface area is 139 Å². The van der Waals surface area contributed by atoms with Crippen LogP contribution < -0.4 is 5.32 Å². The van der Waals surface area contributed by atoms with Crippen LogP contribution in [0.25, 0.3) is 5.69 Å². The highest BCUT2D eigenvalue weighted by atomic mass is 19.4. The van der Waals surface area contributed by atoms with E-state index in [1.165, 1.54) is 10.9 Å². The summed E-state index contributed by atoms with van der Waals surface area (Å²) in [7, 11) is 2.13. The van der Waals surface area contributed by atoms with Crippen molar-refractivity contribution in [1.29, 1.82) is 0 Å². The van der Waals surface area contributed by atoms with Gasteiger partial charge in [-0.15, -0.1) is 0 Å². The molecule has 1 N–H and O–H groups in total. The molecule has 130 valence electrons. The molecule has 1 saturated heterocycles. The van der Waals surface area contributed by atoms with Gasteiger partial charge >= 0.3 is 6.18 Å². The first-order valence-corrected chi connectivity index (χ1v) is 8.06. The molecule has 2 aromatic rings. The van der Waals surface area contributed by atoms with Crippen molar-refractivity contribution >= 4 is 0 Å². The second kappa shape index (κ2) is 6.94. The van der Waals surface area contributed by atoms with Gasteiger partial charge in [0, 0.05) is 18.8 Å². The lowest BCUT2D eigenvalue weighted by molar-refractivity contribution is -0.141. The lowest BCUT2D eigenvalue weighted by Crippen LogP contribution is -2.40. The van der Waals surface area contributed by atoms with Gasteiger partial charge < -0.3 is 10.2 Å². The zero-order chi connectivity index (χ0) is 17.2. The average molecular weight is 338 g/mol. The van der Waals surface area contributed by atoms with Crippen molar-refractivity contribution < 1.29 is 13.2 Å². The van der Waals surface area contributed by atoms with Crippen molar-refractivity contribution in [2.24, 2.45) is 0 Å². The molecular weight excluding hydrogens is 317 g/mol. The minimum absolute atomic E-state index is 0.529. The first-order valence-electron chi connectivity index (χ1n) is 8.06. The molecule has 1 fully saturated rings. The Morgan fingerprint density at radius 2 is 1.79 bits per heavy atom. The van der Waals surface area contributed by atoms with E-state index in [2.05, 4.69) is 22.4 Å². The number of aromatic nitrogens is 2. The fraction of sp³-hybridized carbons (Fsp3) is 0.471. The monoisotopic (exact) mass is 338 g/mol. The molecular formula is C17H21F3N4. The third-order valence-corrected chi connectivity index (χ3v) is 4.39. The Morgan fingerprint density at radius 3 is 2.38 bits per heavy atom. The van der Waals surface area contributed by atoms with Gasteiger partial charge in [-0.05, 0) is 56.7 Å². The highest BCUT2D eigenvalue weighted by molar-refractivity contribution is 5.34. The molecule has 2 heterocycles. The summed E-state index contributed by atoms with van der Waals surface area (Å²) < 4.78 is 39.0. The van der Waals surface area contributed by atoms with Crippen molar-refractivity contribution in [1.82, 2.24) is 20.0 Å². The van der Waals surface area contributed by atoms with E-state index in [4.69, 9.17) is 0 Å². The lowest BCUT2D eigenvalue weighted by Gasteiger charge is -2.29.